The van der Waals surface area contributed by atoms with Crippen molar-refractivity contribution in [2.45, 2.75) is 57.8 Å². The second-order valence-corrected chi connectivity index (χ2v) is 11.7. The van der Waals surface area contributed by atoms with Crippen molar-refractivity contribution in [2.24, 2.45) is 17.8 Å². The summed E-state index contributed by atoms with van der Waals surface area (Å²) in [5.41, 5.74) is 8.28. The zero-order valence-corrected chi connectivity index (χ0v) is 23.7. The second kappa shape index (κ2) is 13.0. The number of terminal acetylenes is 1. The van der Waals surface area contributed by atoms with Crippen LogP contribution in [0.3, 0.4) is 0 Å². The van der Waals surface area contributed by atoms with Gasteiger partial charge in [-0.1, -0.05) is 104 Å². The standard InChI is InChI=1S/C39H40O/c1-4-30-11-13-32(14-12-30)27-33-15-19-35(20-16-33)39(38(40)25-17-31-8-6-5-7-9-31)36-23-21-34(22-24-36)37-18-10-28(2)29(3)26-37/h1,5-14,18,21-24,26,29,33,35,39H,2,15-17,19-20,25,27H2,3H3. The van der Waals surface area contributed by atoms with Gasteiger partial charge in [0.25, 0.3) is 0 Å². The number of carbonyl (C=O) groups is 1. The first-order chi connectivity index (χ1) is 19.5. The number of rotatable bonds is 9. The first-order valence-electron chi connectivity index (χ1n) is 14.8. The van der Waals surface area contributed by atoms with Crippen LogP contribution in [0.5, 0.6) is 0 Å². The van der Waals surface area contributed by atoms with Gasteiger partial charge in [-0.3, -0.25) is 4.79 Å². The molecule has 2 aliphatic rings. The van der Waals surface area contributed by atoms with E-state index in [9.17, 15) is 4.79 Å². The van der Waals surface area contributed by atoms with Crippen molar-refractivity contribution in [1.82, 2.24) is 0 Å². The third-order valence-electron chi connectivity index (χ3n) is 8.95. The molecule has 2 aliphatic carbocycles. The maximum absolute atomic E-state index is 13.9. The lowest BCUT2D eigenvalue weighted by Gasteiger charge is -2.34. The Morgan fingerprint density at radius 3 is 2.25 bits per heavy atom. The molecule has 5 rings (SSSR count). The molecular formula is C39H40O. The first-order valence-corrected chi connectivity index (χ1v) is 14.8. The number of allylic oxidation sites excluding steroid dienone is 5. The summed E-state index contributed by atoms with van der Waals surface area (Å²) in [5.74, 6) is 4.45. The summed E-state index contributed by atoms with van der Waals surface area (Å²) in [6, 6.07) is 27.7. The number of aryl methyl sites for hydroxylation is 1. The van der Waals surface area contributed by atoms with Gasteiger partial charge in [0.1, 0.15) is 5.78 Å². The molecule has 3 aromatic rings. The van der Waals surface area contributed by atoms with E-state index >= 15 is 0 Å². The van der Waals surface area contributed by atoms with Crippen molar-refractivity contribution in [3.63, 3.8) is 0 Å². The second-order valence-electron chi connectivity index (χ2n) is 11.7. The third kappa shape index (κ3) is 6.81. The summed E-state index contributed by atoms with van der Waals surface area (Å²) in [4.78, 5) is 13.9. The van der Waals surface area contributed by atoms with Crippen LogP contribution in [0.25, 0.3) is 5.57 Å². The number of hydrogen-bond donors (Lipinski definition) is 0. The van der Waals surface area contributed by atoms with Crippen molar-refractivity contribution in [2.75, 3.05) is 0 Å². The fourth-order valence-electron chi connectivity index (χ4n) is 6.44. The van der Waals surface area contributed by atoms with Crippen molar-refractivity contribution in [1.29, 1.82) is 0 Å². The van der Waals surface area contributed by atoms with Crippen molar-refractivity contribution in [3.8, 4) is 12.3 Å². The Kier molecular flexibility index (Phi) is 8.98. The fraction of sp³-hybridized carbons (Fsp3) is 0.308. The lowest BCUT2D eigenvalue weighted by atomic mass is 9.70. The minimum atomic E-state index is -0.0387. The van der Waals surface area contributed by atoms with Crippen LogP contribution in [0.15, 0.2) is 109 Å². The zero-order valence-electron chi connectivity index (χ0n) is 23.7. The van der Waals surface area contributed by atoms with Gasteiger partial charge in [0, 0.05) is 17.9 Å². The van der Waals surface area contributed by atoms with E-state index in [1.165, 1.54) is 40.7 Å². The van der Waals surface area contributed by atoms with Gasteiger partial charge in [-0.2, -0.15) is 0 Å². The summed E-state index contributed by atoms with van der Waals surface area (Å²) in [6.45, 7) is 6.32. The highest BCUT2D eigenvalue weighted by Crippen LogP contribution is 2.41. The highest BCUT2D eigenvalue weighted by atomic mass is 16.1. The van der Waals surface area contributed by atoms with Crippen LogP contribution < -0.4 is 0 Å². The van der Waals surface area contributed by atoms with Crippen LogP contribution in [0.2, 0.25) is 0 Å². The molecule has 0 saturated heterocycles. The molecule has 0 amide bonds. The number of Topliss-reactive ketones (excluding diaryl/α,β-unsaturated/α-hetero) is 1. The summed E-state index contributed by atoms with van der Waals surface area (Å²) in [5, 5.41) is 0. The Labute approximate surface area is 240 Å². The lowest BCUT2D eigenvalue weighted by Crippen LogP contribution is -2.27. The van der Waals surface area contributed by atoms with Gasteiger partial charge in [0.05, 0.1) is 0 Å². The smallest absolute Gasteiger partial charge is 0.140 e. The van der Waals surface area contributed by atoms with Crippen molar-refractivity contribution in [3.05, 3.63) is 137 Å². The van der Waals surface area contributed by atoms with Crippen LogP contribution in [-0.2, 0) is 17.6 Å². The Morgan fingerprint density at radius 2 is 1.60 bits per heavy atom. The van der Waals surface area contributed by atoms with Gasteiger partial charge >= 0.3 is 0 Å². The molecule has 202 valence electrons. The molecule has 1 fully saturated rings. The van der Waals surface area contributed by atoms with E-state index < -0.39 is 0 Å². The molecule has 2 unspecified atom stereocenters. The number of carbonyl (C=O) groups excluding carboxylic acids is 1. The molecule has 0 N–H and O–H groups in total. The third-order valence-corrected chi connectivity index (χ3v) is 8.95. The molecule has 0 spiro atoms. The van der Waals surface area contributed by atoms with Gasteiger partial charge in [0.15, 0.2) is 0 Å². The minimum Gasteiger partial charge on any atom is -0.299 e. The SMILES string of the molecule is C#Cc1ccc(CC2CCC(C(C(=O)CCc3ccccc3)c3ccc(C4=CC(C)C(=C)C=C4)cc3)CC2)cc1. The van der Waals surface area contributed by atoms with E-state index in [4.69, 9.17) is 6.42 Å². The van der Waals surface area contributed by atoms with Gasteiger partial charge in [0.2, 0.25) is 0 Å². The molecule has 0 aromatic heterocycles. The highest BCUT2D eigenvalue weighted by molar-refractivity contribution is 5.86. The molecular weight excluding hydrogens is 484 g/mol. The van der Waals surface area contributed by atoms with E-state index in [1.54, 1.807) is 0 Å². The molecule has 0 heterocycles. The predicted molar refractivity (Wildman–Crippen MR) is 168 cm³/mol. The molecule has 0 bridgehead atoms. The quantitative estimate of drug-likeness (QED) is 0.255. The number of benzene rings is 3. The molecule has 1 heteroatoms. The molecule has 3 aromatic carbocycles. The predicted octanol–water partition coefficient (Wildman–Crippen LogP) is 9.15. The molecule has 40 heavy (non-hydrogen) atoms. The Morgan fingerprint density at radius 1 is 0.900 bits per heavy atom. The summed E-state index contributed by atoms with van der Waals surface area (Å²) in [7, 11) is 0. The summed E-state index contributed by atoms with van der Waals surface area (Å²) < 4.78 is 0. The van der Waals surface area contributed by atoms with Crippen LogP contribution in [0.4, 0.5) is 0 Å². The van der Waals surface area contributed by atoms with E-state index in [0.29, 0.717) is 30.0 Å². The first kappa shape index (κ1) is 27.7. The molecule has 2 atom stereocenters. The van der Waals surface area contributed by atoms with Gasteiger partial charge in [-0.05, 0) is 102 Å². The van der Waals surface area contributed by atoms with E-state index in [-0.39, 0.29) is 5.92 Å². The van der Waals surface area contributed by atoms with Gasteiger partial charge in [-0.15, -0.1) is 6.42 Å². The number of ketones is 1. The normalized spacial score (nSPS) is 21.4. The van der Waals surface area contributed by atoms with E-state index in [2.05, 4.69) is 98.3 Å². The Hall–Kier alpha value is -3.89. The van der Waals surface area contributed by atoms with Crippen LogP contribution >= 0.6 is 0 Å². The van der Waals surface area contributed by atoms with Crippen LogP contribution in [-0.4, -0.2) is 5.78 Å². The minimum absolute atomic E-state index is 0.0387. The Bertz CT molecular complexity index is 1400. The highest BCUT2D eigenvalue weighted by Gasteiger charge is 2.33. The van der Waals surface area contributed by atoms with Gasteiger partial charge < -0.3 is 0 Å². The lowest BCUT2D eigenvalue weighted by molar-refractivity contribution is -0.122. The molecule has 1 nitrogen and oxygen atoms in total. The average Bonchev–Trinajstić information content (AvgIpc) is 3.00. The van der Waals surface area contributed by atoms with Crippen LogP contribution in [0.1, 0.15) is 72.8 Å². The monoisotopic (exact) mass is 524 g/mol. The van der Waals surface area contributed by atoms with Crippen molar-refractivity contribution >= 4 is 11.4 Å². The largest absolute Gasteiger partial charge is 0.299 e. The summed E-state index contributed by atoms with van der Waals surface area (Å²) >= 11 is 0. The number of hydrogen-bond acceptors (Lipinski definition) is 1. The fourth-order valence-corrected chi connectivity index (χ4v) is 6.44. The Balaban J connectivity index is 1.30. The van der Waals surface area contributed by atoms with Gasteiger partial charge in [-0.25, -0.2) is 0 Å². The average molecular weight is 525 g/mol. The molecule has 0 aliphatic heterocycles. The summed E-state index contributed by atoms with van der Waals surface area (Å²) in [6.07, 6.45) is 19.1. The topological polar surface area (TPSA) is 17.1 Å². The molecule has 0 radical (unpaired) electrons. The molecule has 1 saturated carbocycles. The van der Waals surface area contributed by atoms with E-state index in [1.807, 2.05) is 18.2 Å². The van der Waals surface area contributed by atoms with E-state index in [0.717, 1.165) is 36.8 Å². The van der Waals surface area contributed by atoms with Crippen LogP contribution in [0, 0.1) is 30.1 Å². The van der Waals surface area contributed by atoms with Crippen molar-refractivity contribution < 1.29 is 4.79 Å². The maximum atomic E-state index is 13.9. The maximum Gasteiger partial charge on any atom is 0.140 e. The zero-order chi connectivity index (χ0) is 27.9.